The summed E-state index contributed by atoms with van der Waals surface area (Å²) < 4.78 is 5.27. The van der Waals surface area contributed by atoms with Crippen molar-refractivity contribution in [2.24, 2.45) is 17.1 Å². The van der Waals surface area contributed by atoms with Gasteiger partial charge in [-0.15, -0.1) is 0 Å². The summed E-state index contributed by atoms with van der Waals surface area (Å²) in [5, 5.41) is 9.29. The molecule has 0 saturated heterocycles. The maximum Gasteiger partial charge on any atom is 0.311 e. The van der Waals surface area contributed by atoms with Crippen molar-refractivity contribution in [1.29, 1.82) is 0 Å². The summed E-state index contributed by atoms with van der Waals surface area (Å²) in [4.78, 5) is 23.3. The summed E-state index contributed by atoms with van der Waals surface area (Å²) >= 11 is 0. The minimum atomic E-state index is -1.14. The maximum atomic E-state index is 12.0. The maximum absolute atomic E-state index is 12.0. The number of carbonyl (C=O) groups is 2. The summed E-state index contributed by atoms with van der Waals surface area (Å²) in [5.74, 6) is -2.06. The van der Waals surface area contributed by atoms with Crippen LogP contribution in [0.2, 0.25) is 0 Å². The van der Waals surface area contributed by atoms with E-state index in [4.69, 9.17) is 10.5 Å². The zero-order valence-electron chi connectivity index (χ0n) is 10.7. The molecule has 1 saturated carbocycles. The minimum absolute atomic E-state index is 0.0216. The molecule has 1 fully saturated rings. The van der Waals surface area contributed by atoms with Gasteiger partial charge in [0.25, 0.3) is 0 Å². The molecule has 1 aliphatic carbocycles. The highest BCUT2D eigenvalue weighted by atomic mass is 16.6. The fourth-order valence-corrected chi connectivity index (χ4v) is 2.38. The van der Waals surface area contributed by atoms with E-state index in [9.17, 15) is 14.7 Å². The number of carbonyl (C=O) groups excluding carboxylic acids is 1. The van der Waals surface area contributed by atoms with Gasteiger partial charge in [0.2, 0.25) is 0 Å². The quantitative estimate of drug-likeness (QED) is 0.726. The van der Waals surface area contributed by atoms with Gasteiger partial charge in [-0.1, -0.05) is 6.42 Å². The Bertz CT molecular complexity index is 321. The van der Waals surface area contributed by atoms with Crippen LogP contribution in [0.25, 0.3) is 0 Å². The first-order valence-electron chi connectivity index (χ1n) is 5.89. The van der Waals surface area contributed by atoms with Crippen molar-refractivity contribution in [3.05, 3.63) is 0 Å². The number of rotatable bonds is 3. The van der Waals surface area contributed by atoms with Crippen molar-refractivity contribution in [1.82, 2.24) is 0 Å². The summed E-state index contributed by atoms with van der Waals surface area (Å²) in [6.45, 7) is 5.28. The Morgan fingerprint density at radius 3 is 2.47 bits per heavy atom. The lowest BCUT2D eigenvalue weighted by atomic mass is 9.78. The molecule has 17 heavy (non-hydrogen) atoms. The second kappa shape index (κ2) is 4.64. The number of hydrogen-bond acceptors (Lipinski definition) is 4. The molecule has 5 heteroatoms. The fraction of sp³-hybridized carbons (Fsp3) is 0.833. The number of aliphatic carboxylic acids is 1. The first-order valence-corrected chi connectivity index (χ1v) is 5.89. The molecular formula is C12H21NO4. The van der Waals surface area contributed by atoms with Gasteiger partial charge in [0, 0.05) is 6.54 Å². The van der Waals surface area contributed by atoms with E-state index in [1.807, 2.05) is 0 Å². The van der Waals surface area contributed by atoms with Crippen LogP contribution in [0.5, 0.6) is 0 Å². The SMILES string of the molecule is CC(C)(C)OC(=O)C1CCCC1(CN)C(=O)O. The van der Waals surface area contributed by atoms with Crippen LogP contribution in [0, 0.1) is 11.3 Å². The van der Waals surface area contributed by atoms with Crippen LogP contribution in [0.1, 0.15) is 40.0 Å². The Labute approximate surface area is 101 Å². The van der Waals surface area contributed by atoms with Crippen molar-refractivity contribution >= 4 is 11.9 Å². The van der Waals surface area contributed by atoms with E-state index in [1.54, 1.807) is 20.8 Å². The second-order valence-corrected chi connectivity index (χ2v) is 5.64. The lowest BCUT2D eigenvalue weighted by Crippen LogP contribution is -2.46. The van der Waals surface area contributed by atoms with Crippen molar-refractivity contribution in [2.45, 2.75) is 45.6 Å². The lowest BCUT2D eigenvalue weighted by Gasteiger charge is -2.30. The molecule has 0 aliphatic heterocycles. The van der Waals surface area contributed by atoms with E-state index in [1.165, 1.54) is 0 Å². The average Bonchev–Trinajstić information content (AvgIpc) is 2.59. The lowest BCUT2D eigenvalue weighted by molar-refractivity contribution is -0.170. The molecule has 0 heterocycles. The van der Waals surface area contributed by atoms with Crippen LogP contribution in [0.15, 0.2) is 0 Å². The van der Waals surface area contributed by atoms with Crippen molar-refractivity contribution in [3.8, 4) is 0 Å². The summed E-state index contributed by atoms with van der Waals surface area (Å²) in [6, 6.07) is 0. The molecule has 5 nitrogen and oxygen atoms in total. The smallest absolute Gasteiger partial charge is 0.311 e. The number of ether oxygens (including phenoxy) is 1. The standard InChI is InChI=1S/C12H21NO4/c1-11(2,3)17-9(14)8-5-4-6-12(8,7-13)10(15)16/h8H,4-7,13H2,1-3H3,(H,15,16). The Kier molecular flexibility index (Phi) is 3.81. The zero-order chi connectivity index (χ0) is 13.3. The highest BCUT2D eigenvalue weighted by Crippen LogP contribution is 2.44. The van der Waals surface area contributed by atoms with Gasteiger partial charge in [0.1, 0.15) is 5.60 Å². The Hall–Kier alpha value is -1.10. The molecule has 0 spiro atoms. The largest absolute Gasteiger partial charge is 0.481 e. The van der Waals surface area contributed by atoms with E-state index in [-0.39, 0.29) is 6.54 Å². The highest BCUT2D eigenvalue weighted by molar-refractivity contribution is 5.85. The predicted octanol–water partition coefficient (Wildman–Crippen LogP) is 1.16. The molecule has 0 aromatic carbocycles. The van der Waals surface area contributed by atoms with Crippen LogP contribution in [0.3, 0.4) is 0 Å². The summed E-state index contributed by atoms with van der Waals surface area (Å²) in [7, 11) is 0. The zero-order valence-corrected chi connectivity index (χ0v) is 10.7. The third kappa shape index (κ3) is 2.77. The van der Waals surface area contributed by atoms with Crippen LogP contribution in [-0.4, -0.2) is 29.2 Å². The molecule has 3 N–H and O–H groups in total. The molecule has 0 aromatic heterocycles. The first kappa shape index (κ1) is 14.0. The van der Waals surface area contributed by atoms with Crippen molar-refractivity contribution in [3.63, 3.8) is 0 Å². The Balaban J connectivity index is 2.89. The van der Waals surface area contributed by atoms with Gasteiger partial charge in [0.15, 0.2) is 0 Å². The predicted molar refractivity (Wildman–Crippen MR) is 62.3 cm³/mol. The number of hydrogen-bond donors (Lipinski definition) is 2. The van der Waals surface area contributed by atoms with Gasteiger partial charge >= 0.3 is 11.9 Å². The summed E-state index contributed by atoms with van der Waals surface area (Å²) in [6.07, 6.45) is 1.69. The van der Waals surface area contributed by atoms with Gasteiger partial charge in [-0.2, -0.15) is 0 Å². The van der Waals surface area contributed by atoms with Crippen LogP contribution >= 0.6 is 0 Å². The molecule has 0 bridgehead atoms. The molecule has 2 unspecified atom stereocenters. The minimum Gasteiger partial charge on any atom is -0.481 e. The third-order valence-corrected chi connectivity index (χ3v) is 3.26. The van der Waals surface area contributed by atoms with E-state index in [2.05, 4.69) is 0 Å². The monoisotopic (exact) mass is 243 g/mol. The number of carboxylic acids is 1. The number of esters is 1. The normalized spacial score (nSPS) is 29.1. The molecule has 98 valence electrons. The second-order valence-electron chi connectivity index (χ2n) is 5.64. The molecule has 1 aliphatic rings. The van der Waals surface area contributed by atoms with Crippen LogP contribution < -0.4 is 5.73 Å². The van der Waals surface area contributed by atoms with E-state index in [0.717, 1.165) is 0 Å². The topological polar surface area (TPSA) is 89.6 Å². The highest BCUT2D eigenvalue weighted by Gasteiger charge is 2.52. The van der Waals surface area contributed by atoms with Crippen molar-refractivity contribution < 1.29 is 19.4 Å². The van der Waals surface area contributed by atoms with E-state index >= 15 is 0 Å². The van der Waals surface area contributed by atoms with E-state index in [0.29, 0.717) is 19.3 Å². The van der Waals surface area contributed by atoms with Gasteiger partial charge in [-0.25, -0.2) is 0 Å². The van der Waals surface area contributed by atoms with Gasteiger partial charge < -0.3 is 15.6 Å². The van der Waals surface area contributed by atoms with E-state index < -0.39 is 28.9 Å². The van der Waals surface area contributed by atoms with Crippen LogP contribution in [-0.2, 0) is 14.3 Å². The van der Waals surface area contributed by atoms with Gasteiger partial charge in [0.05, 0.1) is 11.3 Å². The number of nitrogens with two attached hydrogens (primary N) is 1. The average molecular weight is 243 g/mol. The first-order chi connectivity index (χ1) is 7.73. The molecule has 0 amide bonds. The van der Waals surface area contributed by atoms with Gasteiger partial charge in [-0.05, 0) is 33.6 Å². The van der Waals surface area contributed by atoms with Crippen molar-refractivity contribution in [2.75, 3.05) is 6.54 Å². The fourth-order valence-electron chi connectivity index (χ4n) is 2.38. The number of carboxylic acid groups (broad SMARTS) is 1. The van der Waals surface area contributed by atoms with Gasteiger partial charge in [-0.3, -0.25) is 9.59 Å². The third-order valence-electron chi connectivity index (χ3n) is 3.26. The van der Waals surface area contributed by atoms with Crippen LogP contribution in [0.4, 0.5) is 0 Å². The Morgan fingerprint density at radius 2 is 2.06 bits per heavy atom. The molecule has 1 rings (SSSR count). The molecule has 2 atom stereocenters. The Morgan fingerprint density at radius 1 is 1.47 bits per heavy atom. The molecule has 0 radical (unpaired) electrons. The molecular weight excluding hydrogens is 222 g/mol. The summed E-state index contributed by atoms with van der Waals surface area (Å²) in [5.41, 5.74) is 3.84. The molecule has 0 aromatic rings.